The standard InChI is InChI=1S/C22H18O2/c1-15-12-13-18(16(2)14-15)22(24)20-11-7-6-10-19(20)21(23)17-8-4-3-5-9-17/h3-14H,1-2H3. The summed E-state index contributed by atoms with van der Waals surface area (Å²) in [5.41, 5.74) is 4.12. The molecule has 0 bridgehead atoms. The number of carbonyl (C=O) groups excluding carboxylic acids is 2. The van der Waals surface area contributed by atoms with Crippen LogP contribution in [0.2, 0.25) is 0 Å². The fraction of sp³-hybridized carbons (Fsp3) is 0.0909. The van der Waals surface area contributed by atoms with Gasteiger partial charge in [0.1, 0.15) is 0 Å². The maximum atomic E-state index is 13.0. The van der Waals surface area contributed by atoms with Crippen LogP contribution in [-0.4, -0.2) is 11.6 Å². The third-order valence-electron chi connectivity index (χ3n) is 4.08. The molecule has 0 aliphatic rings. The normalized spacial score (nSPS) is 10.4. The Labute approximate surface area is 141 Å². The van der Waals surface area contributed by atoms with Gasteiger partial charge in [0, 0.05) is 22.3 Å². The summed E-state index contributed by atoms with van der Waals surface area (Å²) >= 11 is 0. The van der Waals surface area contributed by atoms with Crippen LogP contribution in [0.1, 0.15) is 43.0 Å². The van der Waals surface area contributed by atoms with Crippen molar-refractivity contribution in [3.63, 3.8) is 0 Å². The van der Waals surface area contributed by atoms with Gasteiger partial charge in [-0.3, -0.25) is 9.59 Å². The van der Waals surface area contributed by atoms with Crippen molar-refractivity contribution in [2.45, 2.75) is 13.8 Å². The molecular formula is C22H18O2. The van der Waals surface area contributed by atoms with Gasteiger partial charge in [-0.2, -0.15) is 0 Å². The molecule has 3 rings (SSSR count). The molecule has 2 heteroatoms. The quantitative estimate of drug-likeness (QED) is 0.650. The van der Waals surface area contributed by atoms with E-state index >= 15 is 0 Å². The van der Waals surface area contributed by atoms with Gasteiger partial charge in [-0.15, -0.1) is 0 Å². The highest BCUT2D eigenvalue weighted by Crippen LogP contribution is 2.21. The van der Waals surface area contributed by atoms with Crippen molar-refractivity contribution in [2.24, 2.45) is 0 Å². The maximum absolute atomic E-state index is 13.0. The molecule has 3 aromatic rings. The minimum absolute atomic E-state index is 0.118. The van der Waals surface area contributed by atoms with Gasteiger partial charge in [0.2, 0.25) is 0 Å². The summed E-state index contributed by atoms with van der Waals surface area (Å²) in [6.45, 7) is 3.91. The molecular weight excluding hydrogens is 296 g/mol. The molecule has 118 valence electrons. The Kier molecular flexibility index (Phi) is 4.39. The third-order valence-corrected chi connectivity index (χ3v) is 4.08. The van der Waals surface area contributed by atoms with Crippen LogP contribution < -0.4 is 0 Å². The van der Waals surface area contributed by atoms with Crippen LogP contribution in [0.25, 0.3) is 0 Å². The smallest absolute Gasteiger partial charge is 0.194 e. The van der Waals surface area contributed by atoms with Crippen LogP contribution in [0.5, 0.6) is 0 Å². The first-order valence-electron chi connectivity index (χ1n) is 7.88. The molecule has 0 N–H and O–H groups in total. The Hall–Kier alpha value is -3.00. The molecule has 0 saturated heterocycles. The third kappa shape index (κ3) is 3.04. The highest BCUT2D eigenvalue weighted by molar-refractivity contribution is 6.19. The van der Waals surface area contributed by atoms with Gasteiger partial charge in [-0.25, -0.2) is 0 Å². The van der Waals surface area contributed by atoms with Crippen molar-refractivity contribution in [1.29, 1.82) is 0 Å². The maximum Gasteiger partial charge on any atom is 0.194 e. The molecule has 0 aliphatic heterocycles. The zero-order valence-corrected chi connectivity index (χ0v) is 13.7. The fourth-order valence-electron chi connectivity index (χ4n) is 2.84. The van der Waals surface area contributed by atoms with Crippen molar-refractivity contribution in [3.05, 3.63) is 106 Å². The van der Waals surface area contributed by atoms with E-state index in [0.29, 0.717) is 22.3 Å². The summed E-state index contributed by atoms with van der Waals surface area (Å²) in [5, 5.41) is 0. The van der Waals surface area contributed by atoms with E-state index in [2.05, 4.69) is 0 Å². The summed E-state index contributed by atoms with van der Waals surface area (Å²) in [5.74, 6) is -0.253. The van der Waals surface area contributed by atoms with Gasteiger partial charge in [-0.1, -0.05) is 78.4 Å². The van der Waals surface area contributed by atoms with Gasteiger partial charge < -0.3 is 0 Å². The summed E-state index contributed by atoms with van der Waals surface area (Å²) < 4.78 is 0. The van der Waals surface area contributed by atoms with Crippen molar-refractivity contribution in [1.82, 2.24) is 0 Å². The monoisotopic (exact) mass is 314 g/mol. The summed E-state index contributed by atoms with van der Waals surface area (Å²) in [7, 11) is 0. The number of hydrogen-bond donors (Lipinski definition) is 0. The largest absolute Gasteiger partial charge is 0.289 e. The average Bonchev–Trinajstić information content (AvgIpc) is 2.61. The molecule has 0 heterocycles. The molecule has 0 fully saturated rings. The van der Waals surface area contributed by atoms with Crippen LogP contribution in [0.3, 0.4) is 0 Å². The zero-order valence-electron chi connectivity index (χ0n) is 13.7. The van der Waals surface area contributed by atoms with Gasteiger partial charge >= 0.3 is 0 Å². The zero-order chi connectivity index (χ0) is 17.1. The molecule has 0 atom stereocenters. The molecule has 0 radical (unpaired) electrons. The van der Waals surface area contributed by atoms with Gasteiger partial charge in [-0.05, 0) is 19.4 Å². The summed E-state index contributed by atoms with van der Waals surface area (Å²) in [6.07, 6.45) is 0. The van der Waals surface area contributed by atoms with Crippen molar-refractivity contribution in [2.75, 3.05) is 0 Å². The Balaban J connectivity index is 2.06. The van der Waals surface area contributed by atoms with E-state index in [0.717, 1.165) is 11.1 Å². The Bertz CT molecular complexity index is 908. The van der Waals surface area contributed by atoms with Crippen LogP contribution in [0.15, 0.2) is 72.8 Å². The van der Waals surface area contributed by atoms with Crippen LogP contribution in [0.4, 0.5) is 0 Å². The Morgan fingerprint density at radius 2 is 1.21 bits per heavy atom. The Morgan fingerprint density at radius 3 is 1.83 bits per heavy atom. The number of ketones is 2. The molecule has 0 aromatic heterocycles. The minimum Gasteiger partial charge on any atom is -0.289 e. The molecule has 0 saturated carbocycles. The van der Waals surface area contributed by atoms with Crippen molar-refractivity contribution in [3.8, 4) is 0 Å². The van der Waals surface area contributed by atoms with Crippen LogP contribution >= 0.6 is 0 Å². The minimum atomic E-state index is -0.135. The lowest BCUT2D eigenvalue weighted by molar-refractivity contribution is 0.100. The fourth-order valence-corrected chi connectivity index (χ4v) is 2.84. The van der Waals surface area contributed by atoms with Gasteiger partial charge in [0.25, 0.3) is 0 Å². The highest BCUT2D eigenvalue weighted by Gasteiger charge is 2.20. The molecule has 24 heavy (non-hydrogen) atoms. The second-order valence-corrected chi connectivity index (χ2v) is 5.89. The van der Waals surface area contributed by atoms with Gasteiger partial charge in [0.05, 0.1) is 0 Å². The van der Waals surface area contributed by atoms with Crippen molar-refractivity contribution >= 4 is 11.6 Å². The molecule has 2 nitrogen and oxygen atoms in total. The first-order valence-corrected chi connectivity index (χ1v) is 7.88. The number of rotatable bonds is 4. The molecule has 3 aromatic carbocycles. The first-order chi connectivity index (χ1) is 11.6. The molecule has 0 spiro atoms. The van der Waals surface area contributed by atoms with E-state index in [1.54, 1.807) is 36.4 Å². The SMILES string of the molecule is Cc1ccc(C(=O)c2ccccc2C(=O)c2ccccc2)c(C)c1. The van der Waals surface area contributed by atoms with E-state index in [-0.39, 0.29) is 11.6 Å². The second-order valence-electron chi connectivity index (χ2n) is 5.89. The van der Waals surface area contributed by atoms with Gasteiger partial charge in [0.15, 0.2) is 11.6 Å². The number of carbonyl (C=O) groups is 2. The predicted molar refractivity (Wildman–Crippen MR) is 95.7 cm³/mol. The molecule has 0 aliphatic carbocycles. The van der Waals surface area contributed by atoms with E-state index in [9.17, 15) is 9.59 Å². The summed E-state index contributed by atoms with van der Waals surface area (Å²) in [4.78, 5) is 25.8. The predicted octanol–water partition coefficient (Wildman–Crippen LogP) is 4.77. The summed E-state index contributed by atoms with van der Waals surface area (Å²) in [6, 6.07) is 21.8. The van der Waals surface area contributed by atoms with E-state index in [4.69, 9.17) is 0 Å². The average molecular weight is 314 g/mol. The molecule has 0 unspecified atom stereocenters. The Morgan fingerprint density at radius 1 is 0.625 bits per heavy atom. The number of aryl methyl sites for hydroxylation is 2. The lowest BCUT2D eigenvalue weighted by Crippen LogP contribution is -2.12. The lowest BCUT2D eigenvalue weighted by atomic mass is 9.91. The van der Waals surface area contributed by atoms with E-state index in [1.807, 2.05) is 50.2 Å². The van der Waals surface area contributed by atoms with E-state index < -0.39 is 0 Å². The van der Waals surface area contributed by atoms with Crippen molar-refractivity contribution < 1.29 is 9.59 Å². The second kappa shape index (κ2) is 6.63. The number of benzene rings is 3. The first kappa shape index (κ1) is 15.9. The lowest BCUT2D eigenvalue weighted by Gasteiger charge is -2.10. The highest BCUT2D eigenvalue weighted by atomic mass is 16.1. The van der Waals surface area contributed by atoms with Crippen LogP contribution in [0, 0.1) is 13.8 Å². The topological polar surface area (TPSA) is 34.1 Å². The van der Waals surface area contributed by atoms with E-state index in [1.165, 1.54) is 0 Å². The van der Waals surface area contributed by atoms with Crippen LogP contribution in [-0.2, 0) is 0 Å². The number of hydrogen-bond acceptors (Lipinski definition) is 2. The molecule has 0 amide bonds.